The van der Waals surface area contributed by atoms with E-state index in [1.54, 1.807) is 24.3 Å². The van der Waals surface area contributed by atoms with Gasteiger partial charge in [-0.3, -0.25) is 0 Å². The van der Waals surface area contributed by atoms with Gasteiger partial charge < -0.3 is 16.4 Å². The van der Waals surface area contributed by atoms with Crippen molar-refractivity contribution in [1.82, 2.24) is 4.98 Å². The number of benzene rings is 1. The zero-order valence-corrected chi connectivity index (χ0v) is 11.1. The van der Waals surface area contributed by atoms with Gasteiger partial charge in [0.1, 0.15) is 11.6 Å². The lowest BCUT2D eigenvalue weighted by Crippen LogP contribution is -2.14. The molecule has 0 aliphatic rings. The second kappa shape index (κ2) is 6.45. The molecule has 21 heavy (non-hydrogen) atoms. The van der Waals surface area contributed by atoms with Crippen LogP contribution in [0.5, 0.6) is 0 Å². The zero-order chi connectivity index (χ0) is 15.3. The molecule has 0 fully saturated rings. The average molecular weight is 296 g/mol. The van der Waals surface area contributed by atoms with Crippen LogP contribution >= 0.6 is 0 Å². The molecule has 0 spiro atoms. The van der Waals surface area contributed by atoms with Crippen molar-refractivity contribution in [2.75, 3.05) is 23.7 Å². The first kappa shape index (κ1) is 15.1. The number of hydrogen-bond donors (Lipinski definition) is 3. The van der Waals surface area contributed by atoms with Gasteiger partial charge in [0.15, 0.2) is 0 Å². The molecule has 0 aliphatic heterocycles. The molecule has 2 rings (SSSR count). The van der Waals surface area contributed by atoms with E-state index in [0.717, 1.165) is 12.1 Å². The van der Waals surface area contributed by atoms with Crippen LogP contribution in [0.4, 0.5) is 30.5 Å². The molecule has 7 heteroatoms. The molecule has 112 valence electrons. The molecule has 2 aromatic rings. The Hall–Kier alpha value is -2.28. The molecule has 0 unspecified atom stereocenters. The first-order chi connectivity index (χ1) is 9.99. The second-order valence-electron chi connectivity index (χ2n) is 4.33. The van der Waals surface area contributed by atoms with Crippen molar-refractivity contribution in [2.24, 2.45) is 5.73 Å². The minimum Gasteiger partial charge on any atom is -0.369 e. The smallest absolute Gasteiger partial charge is 0.369 e. The van der Waals surface area contributed by atoms with Crippen LogP contribution in [0.25, 0.3) is 0 Å². The van der Waals surface area contributed by atoms with Crippen LogP contribution in [-0.4, -0.2) is 18.1 Å². The standard InChI is InChI=1S/C14H15F3N4/c15-14(16,17)10-3-1-4-11(9-10)20-13-6-2-5-12(21-13)19-8-7-18/h1-6,9H,7-8,18H2,(H2,19,20,21). The molecule has 1 aromatic carbocycles. The van der Waals surface area contributed by atoms with E-state index in [0.29, 0.717) is 30.4 Å². The number of rotatable bonds is 5. The molecule has 0 aliphatic carbocycles. The third-order valence-electron chi connectivity index (χ3n) is 2.66. The molecule has 0 amide bonds. The first-order valence-corrected chi connectivity index (χ1v) is 6.34. The van der Waals surface area contributed by atoms with Crippen molar-refractivity contribution in [2.45, 2.75) is 6.18 Å². The molecule has 1 aromatic heterocycles. The summed E-state index contributed by atoms with van der Waals surface area (Å²) in [5.74, 6) is 1.06. The maximum Gasteiger partial charge on any atom is 0.416 e. The number of nitrogens with two attached hydrogens (primary N) is 1. The number of alkyl halides is 3. The predicted molar refractivity (Wildman–Crippen MR) is 76.5 cm³/mol. The number of anilines is 3. The number of halogens is 3. The van der Waals surface area contributed by atoms with Crippen LogP contribution in [0.3, 0.4) is 0 Å². The van der Waals surface area contributed by atoms with Gasteiger partial charge in [0.25, 0.3) is 0 Å². The lowest BCUT2D eigenvalue weighted by molar-refractivity contribution is -0.137. The summed E-state index contributed by atoms with van der Waals surface area (Å²) in [6.07, 6.45) is -4.37. The fourth-order valence-electron chi connectivity index (χ4n) is 1.72. The summed E-state index contributed by atoms with van der Waals surface area (Å²) in [4.78, 5) is 4.24. The minimum atomic E-state index is -4.37. The predicted octanol–water partition coefficient (Wildman–Crippen LogP) is 3.21. The van der Waals surface area contributed by atoms with Gasteiger partial charge >= 0.3 is 6.18 Å². The number of hydrogen-bond acceptors (Lipinski definition) is 4. The Morgan fingerprint density at radius 2 is 1.76 bits per heavy atom. The number of nitrogens with zero attached hydrogens (tertiary/aromatic N) is 1. The fraction of sp³-hybridized carbons (Fsp3) is 0.214. The Morgan fingerprint density at radius 1 is 1.05 bits per heavy atom. The molecule has 0 bridgehead atoms. The van der Waals surface area contributed by atoms with Gasteiger partial charge in [-0.2, -0.15) is 13.2 Å². The van der Waals surface area contributed by atoms with Gasteiger partial charge in [-0.05, 0) is 30.3 Å². The Morgan fingerprint density at radius 3 is 2.48 bits per heavy atom. The van der Waals surface area contributed by atoms with Gasteiger partial charge in [0, 0.05) is 18.8 Å². The summed E-state index contributed by atoms with van der Waals surface area (Å²) in [5.41, 5.74) is 5.01. The van der Waals surface area contributed by atoms with E-state index in [2.05, 4.69) is 15.6 Å². The summed E-state index contributed by atoms with van der Waals surface area (Å²) in [6, 6.07) is 10.2. The van der Waals surface area contributed by atoms with Crippen LogP contribution in [-0.2, 0) is 6.18 Å². The monoisotopic (exact) mass is 296 g/mol. The van der Waals surface area contributed by atoms with Crippen LogP contribution in [0, 0.1) is 0 Å². The van der Waals surface area contributed by atoms with Gasteiger partial charge in [0.05, 0.1) is 5.56 Å². The second-order valence-corrected chi connectivity index (χ2v) is 4.33. The van der Waals surface area contributed by atoms with Crippen LogP contribution in [0.1, 0.15) is 5.56 Å². The van der Waals surface area contributed by atoms with Gasteiger partial charge in [-0.25, -0.2) is 4.98 Å². The molecule has 1 heterocycles. The molecule has 4 N–H and O–H groups in total. The van der Waals surface area contributed by atoms with Crippen molar-refractivity contribution < 1.29 is 13.2 Å². The van der Waals surface area contributed by atoms with E-state index in [9.17, 15) is 13.2 Å². The highest BCUT2D eigenvalue weighted by Gasteiger charge is 2.30. The largest absolute Gasteiger partial charge is 0.416 e. The van der Waals surface area contributed by atoms with Gasteiger partial charge in [0.2, 0.25) is 0 Å². The van der Waals surface area contributed by atoms with Crippen LogP contribution < -0.4 is 16.4 Å². The molecule has 0 saturated carbocycles. The third-order valence-corrected chi connectivity index (χ3v) is 2.66. The van der Waals surface area contributed by atoms with Crippen LogP contribution in [0.15, 0.2) is 42.5 Å². The number of aromatic nitrogens is 1. The fourth-order valence-corrected chi connectivity index (χ4v) is 1.72. The van der Waals surface area contributed by atoms with Crippen molar-refractivity contribution in [3.05, 3.63) is 48.0 Å². The van der Waals surface area contributed by atoms with E-state index in [4.69, 9.17) is 5.73 Å². The zero-order valence-electron chi connectivity index (χ0n) is 11.1. The SMILES string of the molecule is NCCNc1cccc(Nc2cccc(C(F)(F)F)c2)n1. The lowest BCUT2D eigenvalue weighted by Gasteiger charge is -2.11. The van der Waals surface area contributed by atoms with E-state index < -0.39 is 11.7 Å². The van der Waals surface area contributed by atoms with Crippen molar-refractivity contribution in [1.29, 1.82) is 0 Å². The average Bonchev–Trinajstić information content (AvgIpc) is 2.45. The van der Waals surface area contributed by atoms with E-state index in [1.807, 2.05) is 0 Å². The lowest BCUT2D eigenvalue weighted by atomic mass is 10.2. The van der Waals surface area contributed by atoms with E-state index in [-0.39, 0.29) is 0 Å². The highest BCUT2D eigenvalue weighted by atomic mass is 19.4. The summed E-state index contributed by atoms with van der Waals surface area (Å²) < 4.78 is 37.9. The topological polar surface area (TPSA) is 63.0 Å². The van der Waals surface area contributed by atoms with Crippen molar-refractivity contribution in [3.8, 4) is 0 Å². The van der Waals surface area contributed by atoms with Crippen molar-refractivity contribution in [3.63, 3.8) is 0 Å². The molecular weight excluding hydrogens is 281 g/mol. The van der Waals surface area contributed by atoms with Gasteiger partial charge in [-0.15, -0.1) is 0 Å². The van der Waals surface area contributed by atoms with Crippen LogP contribution in [0.2, 0.25) is 0 Å². The summed E-state index contributed by atoms with van der Waals surface area (Å²) >= 11 is 0. The Labute approximate surface area is 120 Å². The normalized spacial score (nSPS) is 11.2. The maximum atomic E-state index is 12.6. The molecule has 0 atom stereocenters. The molecule has 0 radical (unpaired) electrons. The quantitative estimate of drug-likeness (QED) is 0.793. The summed E-state index contributed by atoms with van der Waals surface area (Å²) in [5, 5.41) is 5.85. The highest BCUT2D eigenvalue weighted by Crippen LogP contribution is 2.31. The summed E-state index contributed by atoms with van der Waals surface area (Å²) in [7, 11) is 0. The minimum absolute atomic E-state index is 0.327. The Bertz CT molecular complexity index is 599. The Kier molecular flexibility index (Phi) is 4.64. The van der Waals surface area contributed by atoms with E-state index in [1.165, 1.54) is 6.07 Å². The number of nitrogens with one attached hydrogen (secondary N) is 2. The molecule has 0 saturated heterocycles. The Balaban J connectivity index is 2.14. The highest BCUT2D eigenvalue weighted by molar-refractivity contribution is 5.59. The molecular formula is C14H15F3N4. The summed E-state index contributed by atoms with van der Waals surface area (Å²) in [6.45, 7) is 1.03. The maximum absolute atomic E-state index is 12.6. The third kappa shape index (κ3) is 4.35. The van der Waals surface area contributed by atoms with Gasteiger partial charge in [-0.1, -0.05) is 12.1 Å². The molecule has 4 nitrogen and oxygen atoms in total. The first-order valence-electron chi connectivity index (χ1n) is 6.34. The number of pyridine rings is 1. The van der Waals surface area contributed by atoms with Crippen molar-refractivity contribution >= 4 is 17.3 Å². The van der Waals surface area contributed by atoms with E-state index >= 15 is 0 Å².